The number of carbonyl (C=O) groups excluding carboxylic acids is 1. The second-order valence-electron chi connectivity index (χ2n) is 7.49. The summed E-state index contributed by atoms with van der Waals surface area (Å²) in [4.78, 5) is 15.4. The second-order valence-corrected chi connectivity index (χ2v) is 9.42. The molecular formula is C21H27FN3O3S+. The average molecular weight is 421 g/mol. The predicted octanol–water partition coefficient (Wildman–Crippen LogP) is 0.682. The predicted molar refractivity (Wildman–Crippen MR) is 108 cm³/mol. The van der Waals surface area contributed by atoms with Gasteiger partial charge in [0, 0.05) is 19.2 Å². The first kappa shape index (κ1) is 21.4. The average Bonchev–Trinajstić information content (AvgIpc) is 2.70. The highest BCUT2D eigenvalue weighted by atomic mass is 32.2. The van der Waals surface area contributed by atoms with E-state index in [-0.39, 0.29) is 24.8 Å². The van der Waals surface area contributed by atoms with Gasteiger partial charge in [-0.2, -0.15) is 4.31 Å². The van der Waals surface area contributed by atoms with Crippen molar-refractivity contribution in [3.05, 3.63) is 65.5 Å². The molecule has 1 saturated heterocycles. The Balaban J connectivity index is 1.53. The fourth-order valence-electron chi connectivity index (χ4n) is 3.40. The third-order valence-corrected chi connectivity index (χ3v) is 7.19. The van der Waals surface area contributed by atoms with Crippen LogP contribution in [0.5, 0.6) is 0 Å². The van der Waals surface area contributed by atoms with Gasteiger partial charge in [0.25, 0.3) is 5.91 Å². The van der Waals surface area contributed by atoms with Crippen LogP contribution < -0.4 is 4.90 Å². The van der Waals surface area contributed by atoms with Gasteiger partial charge in [-0.05, 0) is 25.1 Å². The normalized spacial score (nSPS) is 16.0. The number of sulfonamides is 1. The molecule has 2 aromatic rings. The maximum absolute atomic E-state index is 13.8. The van der Waals surface area contributed by atoms with Gasteiger partial charge in [-0.1, -0.05) is 35.9 Å². The second kappa shape index (κ2) is 9.02. The summed E-state index contributed by atoms with van der Waals surface area (Å²) in [5.74, 6) is -0.410. The molecule has 1 fully saturated rings. The van der Waals surface area contributed by atoms with Crippen molar-refractivity contribution >= 4 is 15.9 Å². The van der Waals surface area contributed by atoms with E-state index >= 15 is 0 Å². The van der Waals surface area contributed by atoms with Crippen LogP contribution in [-0.4, -0.2) is 63.3 Å². The molecule has 0 spiro atoms. The van der Waals surface area contributed by atoms with E-state index in [0.29, 0.717) is 36.6 Å². The molecule has 0 atom stereocenters. The molecule has 0 radical (unpaired) electrons. The molecule has 0 unspecified atom stereocenters. The van der Waals surface area contributed by atoms with Crippen molar-refractivity contribution in [2.24, 2.45) is 0 Å². The van der Waals surface area contributed by atoms with Gasteiger partial charge in [-0.3, -0.25) is 4.79 Å². The number of benzene rings is 2. The lowest BCUT2D eigenvalue weighted by Gasteiger charge is -2.32. The van der Waals surface area contributed by atoms with Crippen LogP contribution in [-0.2, 0) is 21.4 Å². The third-order valence-electron chi connectivity index (χ3n) is 5.28. The number of nitrogens with one attached hydrogen (secondary N) is 1. The van der Waals surface area contributed by atoms with Gasteiger partial charge < -0.3 is 9.80 Å². The number of amides is 1. The van der Waals surface area contributed by atoms with Crippen LogP contribution >= 0.6 is 0 Å². The largest absolute Gasteiger partial charge is 0.336 e. The Kier molecular flexibility index (Phi) is 6.66. The van der Waals surface area contributed by atoms with E-state index in [0.717, 1.165) is 10.5 Å². The summed E-state index contributed by atoms with van der Waals surface area (Å²) in [5.41, 5.74) is 1.49. The summed E-state index contributed by atoms with van der Waals surface area (Å²) in [5, 5.41) is 0. The number of piperazine rings is 1. The Labute approximate surface area is 171 Å². The highest BCUT2D eigenvalue weighted by Crippen LogP contribution is 2.16. The van der Waals surface area contributed by atoms with E-state index < -0.39 is 10.0 Å². The van der Waals surface area contributed by atoms with Crippen LogP contribution in [0.3, 0.4) is 0 Å². The first-order valence-corrected chi connectivity index (χ1v) is 11.1. The van der Waals surface area contributed by atoms with Gasteiger partial charge in [0.2, 0.25) is 10.0 Å². The molecule has 1 N–H and O–H groups in total. The van der Waals surface area contributed by atoms with Crippen LogP contribution in [0, 0.1) is 12.7 Å². The van der Waals surface area contributed by atoms with Gasteiger partial charge in [0.05, 0.1) is 31.1 Å². The number of hydrogen-bond acceptors (Lipinski definition) is 3. The van der Waals surface area contributed by atoms with Crippen molar-refractivity contribution in [1.82, 2.24) is 9.21 Å². The van der Waals surface area contributed by atoms with E-state index in [1.54, 1.807) is 49.5 Å². The van der Waals surface area contributed by atoms with Gasteiger partial charge in [-0.15, -0.1) is 0 Å². The van der Waals surface area contributed by atoms with Gasteiger partial charge in [0.1, 0.15) is 5.82 Å². The third kappa shape index (κ3) is 5.20. The Hall–Kier alpha value is -2.29. The molecule has 29 heavy (non-hydrogen) atoms. The van der Waals surface area contributed by atoms with Gasteiger partial charge in [-0.25, -0.2) is 12.8 Å². The standard InChI is InChI=1S/C21H26FN3O3S/c1-17-7-9-19(10-8-17)29(27,28)25-13-11-24(12-14-25)16-21(26)23(2)15-18-5-3-4-6-20(18)22/h3-10H,11-16H2,1-2H3/p+1. The molecule has 0 aromatic heterocycles. The molecule has 1 heterocycles. The zero-order valence-electron chi connectivity index (χ0n) is 16.8. The van der Waals surface area contributed by atoms with E-state index in [1.807, 2.05) is 6.92 Å². The number of aryl methyl sites for hydroxylation is 1. The molecule has 2 aromatic carbocycles. The summed E-state index contributed by atoms with van der Waals surface area (Å²) in [6, 6.07) is 13.3. The summed E-state index contributed by atoms with van der Waals surface area (Å²) in [6.45, 7) is 4.26. The van der Waals surface area contributed by atoms with Crippen LogP contribution in [0.15, 0.2) is 53.4 Å². The summed E-state index contributed by atoms with van der Waals surface area (Å²) >= 11 is 0. The fourth-order valence-corrected chi connectivity index (χ4v) is 4.84. The smallest absolute Gasteiger partial charge is 0.277 e. The van der Waals surface area contributed by atoms with Crippen LogP contribution in [0.25, 0.3) is 0 Å². The first-order valence-electron chi connectivity index (χ1n) is 9.65. The Bertz CT molecular complexity index is 955. The van der Waals surface area contributed by atoms with Crippen molar-refractivity contribution < 1.29 is 22.5 Å². The van der Waals surface area contributed by atoms with Crippen LogP contribution in [0.1, 0.15) is 11.1 Å². The number of quaternary nitrogens is 1. The minimum atomic E-state index is -3.51. The minimum Gasteiger partial charge on any atom is -0.336 e. The summed E-state index contributed by atoms with van der Waals surface area (Å²) < 4.78 is 40.8. The quantitative estimate of drug-likeness (QED) is 0.748. The monoisotopic (exact) mass is 420 g/mol. The van der Waals surface area contributed by atoms with E-state index in [2.05, 4.69) is 0 Å². The van der Waals surface area contributed by atoms with Crippen molar-refractivity contribution in [3.63, 3.8) is 0 Å². The van der Waals surface area contributed by atoms with Crippen LogP contribution in [0.2, 0.25) is 0 Å². The number of carbonyl (C=O) groups is 1. The van der Waals surface area contributed by atoms with E-state index in [1.165, 1.54) is 15.3 Å². The molecule has 1 aliphatic rings. The molecule has 0 saturated carbocycles. The first-order chi connectivity index (χ1) is 13.8. The van der Waals surface area contributed by atoms with Crippen LogP contribution in [0.4, 0.5) is 4.39 Å². The molecule has 0 aliphatic carbocycles. The van der Waals surface area contributed by atoms with Crippen molar-refractivity contribution in [1.29, 1.82) is 0 Å². The van der Waals surface area contributed by atoms with Crippen molar-refractivity contribution in [3.8, 4) is 0 Å². The maximum Gasteiger partial charge on any atom is 0.277 e. The topological polar surface area (TPSA) is 62.1 Å². The minimum absolute atomic E-state index is 0.0851. The highest BCUT2D eigenvalue weighted by Gasteiger charge is 2.31. The zero-order chi connectivity index (χ0) is 21.0. The Morgan fingerprint density at radius 3 is 2.34 bits per heavy atom. The highest BCUT2D eigenvalue weighted by molar-refractivity contribution is 7.89. The zero-order valence-corrected chi connectivity index (χ0v) is 17.6. The van der Waals surface area contributed by atoms with Crippen molar-refractivity contribution in [2.45, 2.75) is 18.4 Å². The molecule has 1 amide bonds. The van der Waals surface area contributed by atoms with Crippen molar-refractivity contribution in [2.75, 3.05) is 39.8 Å². The molecule has 6 nitrogen and oxygen atoms in total. The molecular weight excluding hydrogens is 393 g/mol. The maximum atomic E-state index is 13.8. The molecule has 1 aliphatic heterocycles. The Morgan fingerprint density at radius 1 is 1.10 bits per heavy atom. The number of likely N-dealkylation sites (N-methyl/N-ethyl adjacent to an activating group) is 1. The number of rotatable bonds is 6. The molecule has 3 rings (SSSR count). The van der Waals surface area contributed by atoms with E-state index in [4.69, 9.17) is 0 Å². The summed E-state index contributed by atoms with van der Waals surface area (Å²) in [6.07, 6.45) is 0. The number of nitrogens with zero attached hydrogens (tertiary/aromatic N) is 2. The van der Waals surface area contributed by atoms with Gasteiger partial charge in [0.15, 0.2) is 6.54 Å². The van der Waals surface area contributed by atoms with Gasteiger partial charge >= 0.3 is 0 Å². The lowest BCUT2D eigenvalue weighted by Crippen LogP contribution is -3.15. The SMILES string of the molecule is Cc1ccc(S(=O)(=O)N2CC[NH+](CC(=O)N(C)Cc3ccccc3F)CC2)cc1. The summed E-state index contributed by atoms with van der Waals surface area (Å²) in [7, 11) is -1.85. The number of hydrogen-bond donors (Lipinski definition) is 1. The lowest BCUT2D eigenvalue weighted by atomic mass is 10.2. The molecule has 8 heteroatoms. The Morgan fingerprint density at radius 2 is 1.72 bits per heavy atom. The molecule has 156 valence electrons. The van der Waals surface area contributed by atoms with E-state index in [9.17, 15) is 17.6 Å². The molecule has 0 bridgehead atoms. The fraction of sp³-hybridized carbons (Fsp3) is 0.381. The number of halogens is 1. The lowest BCUT2D eigenvalue weighted by molar-refractivity contribution is -0.896.